The fourth-order valence-corrected chi connectivity index (χ4v) is 2.54. The van der Waals surface area contributed by atoms with E-state index in [-0.39, 0.29) is 6.04 Å². The number of anilines is 1. The molecule has 0 saturated heterocycles. The molecule has 0 fully saturated rings. The molecule has 0 spiro atoms. The first kappa shape index (κ1) is 14.8. The minimum Gasteiger partial charge on any atom is -0.356 e. The minimum absolute atomic E-state index is 0.138. The van der Waals surface area contributed by atoms with Crippen molar-refractivity contribution in [2.24, 2.45) is 0 Å². The zero-order valence-electron chi connectivity index (χ0n) is 11.5. The molecule has 0 aliphatic heterocycles. The predicted octanol–water partition coefficient (Wildman–Crippen LogP) is 4.70. The summed E-state index contributed by atoms with van der Waals surface area (Å²) < 4.78 is 0. The number of benzene rings is 2. The Morgan fingerprint density at radius 2 is 1.75 bits per heavy atom. The molecule has 20 heavy (non-hydrogen) atoms. The maximum absolute atomic E-state index is 6.10. The van der Waals surface area contributed by atoms with E-state index in [0.717, 1.165) is 5.69 Å². The molecule has 0 bridgehead atoms. The molecule has 0 aromatic heterocycles. The average Bonchev–Trinajstić information content (AvgIpc) is 2.41. The van der Waals surface area contributed by atoms with Crippen LogP contribution < -0.4 is 10.6 Å². The van der Waals surface area contributed by atoms with E-state index < -0.39 is 0 Å². The summed E-state index contributed by atoms with van der Waals surface area (Å²) in [6.45, 7) is 4.18. The lowest BCUT2D eigenvalue weighted by Crippen LogP contribution is -2.31. The first-order valence-corrected chi connectivity index (χ1v) is 7.24. The fraction of sp³-hybridized carbons (Fsp3) is 0.188. The van der Waals surface area contributed by atoms with Gasteiger partial charge in [0.1, 0.15) is 0 Å². The third-order valence-corrected chi connectivity index (χ3v) is 3.67. The number of rotatable bonds is 3. The Balaban J connectivity index is 2.02. The van der Waals surface area contributed by atoms with Gasteiger partial charge >= 0.3 is 0 Å². The van der Waals surface area contributed by atoms with Crippen LogP contribution >= 0.6 is 23.8 Å². The van der Waals surface area contributed by atoms with Gasteiger partial charge in [-0.3, -0.25) is 0 Å². The summed E-state index contributed by atoms with van der Waals surface area (Å²) in [7, 11) is 0. The molecule has 2 rings (SSSR count). The smallest absolute Gasteiger partial charge is 0.171 e. The lowest BCUT2D eigenvalue weighted by Gasteiger charge is -2.19. The standard InChI is InChI=1S/C16H17ClN2S/c1-11-7-3-4-8-13(11)12(2)18-16(20)19-15-10-6-5-9-14(15)17/h3-10,12H,1-2H3,(H2,18,19,20)/t12-/m1/s1. The molecular weight excluding hydrogens is 288 g/mol. The molecular formula is C16H17ClN2S. The number of halogens is 1. The number of nitrogens with one attached hydrogen (secondary N) is 2. The van der Waals surface area contributed by atoms with Crippen LogP contribution in [0, 0.1) is 6.92 Å². The van der Waals surface area contributed by atoms with E-state index in [1.807, 2.05) is 36.4 Å². The van der Waals surface area contributed by atoms with Gasteiger partial charge in [-0.2, -0.15) is 0 Å². The van der Waals surface area contributed by atoms with Gasteiger partial charge in [0.05, 0.1) is 16.8 Å². The van der Waals surface area contributed by atoms with Crippen molar-refractivity contribution >= 4 is 34.6 Å². The third-order valence-electron chi connectivity index (χ3n) is 3.12. The van der Waals surface area contributed by atoms with E-state index in [1.54, 1.807) is 0 Å². The van der Waals surface area contributed by atoms with Crippen molar-refractivity contribution in [2.45, 2.75) is 19.9 Å². The molecule has 2 N–H and O–H groups in total. The van der Waals surface area contributed by atoms with Gasteiger partial charge in [-0.1, -0.05) is 48.0 Å². The maximum Gasteiger partial charge on any atom is 0.171 e. The van der Waals surface area contributed by atoms with Crippen LogP contribution in [0.4, 0.5) is 5.69 Å². The molecule has 4 heteroatoms. The highest BCUT2D eigenvalue weighted by molar-refractivity contribution is 7.80. The summed E-state index contributed by atoms with van der Waals surface area (Å²) in [5.41, 5.74) is 3.28. The van der Waals surface area contributed by atoms with Gasteiger partial charge in [-0.05, 0) is 49.3 Å². The summed E-state index contributed by atoms with van der Waals surface area (Å²) >= 11 is 11.4. The van der Waals surface area contributed by atoms with Crippen molar-refractivity contribution in [3.05, 3.63) is 64.7 Å². The lowest BCUT2D eigenvalue weighted by molar-refractivity contribution is 0.717. The normalized spacial score (nSPS) is 11.8. The second-order valence-corrected chi connectivity index (χ2v) is 5.47. The molecule has 1 atom stereocenters. The zero-order valence-corrected chi connectivity index (χ0v) is 13.1. The van der Waals surface area contributed by atoms with Crippen molar-refractivity contribution in [2.75, 3.05) is 5.32 Å². The Kier molecular flexibility index (Phi) is 4.99. The quantitative estimate of drug-likeness (QED) is 0.804. The fourth-order valence-electron chi connectivity index (χ4n) is 2.07. The van der Waals surface area contributed by atoms with Gasteiger partial charge in [0.15, 0.2) is 5.11 Å². The summed E-state index contributed by atoms with van der Waals surface area (Å²) in [6.07, 6.45) is 0. The minimum atomic E-state index is 0.138. The molecule has 0 aliphatic rings. The van der Waals surface area contributed by atoms with E-state index in [9.17, 15) is 0 Å². The van der Waals surface area contributed by atoms with Crippen LogP contribution in [0.25, 0.3) is 0 Å². The molecule has 0 aliphatic carbocycles. The first-order valence-electron chi connectivity index (χ1n) is 6.45. The van der Waals surface area contributed by atoms with Crippen LogP contribution in [0.15, 0.2) is 48.5 Å². The highest BCUT2D eigenvalue weighted by Gasteiger charge is 2.09. The highest BCUT2D eigenvalue weighted by Crippen LogP contribution is 2.21. The second-order valence-electron chi connectivity index (χ2n) is 4.66. The predicted molar refractivity (Wildman–Crippen MR) is 90.4 cm³/mol. The second kappa shape index (κ2) is 6.73. The molecule has 0 heterocycles. The number of thiocarbonyl (C=S) groups is 1. The number of aryl methyl sites for hydroxylation is 1. The van der Waals surface area contributed by atoms with E-state index in [0.29, 0.717) is 10.1 Å². The van der Waals surface area contributed by atoms with Crippen molar-refractivity contribution in [3.63, 3.8) is 0 Å². The summed E-state index contributed by atoms with van der Waals surface area (Å²) in [4.78, 5) is 0. The van der Waals surface area contributed by atoms with Crippen molar-refractivity contribution in [1.82, 2.24) is 5.32 Å². The van der Waals surface area contributed by atoms with Gasteiger partial charge in [0.2, 0.25) is 0 Å². The Hall–Kier alpha value is -1.58. The SMILES string of the molecule is Cc1ccccc1[C@@H](C)NC(=S)Nc1ccccc1Cl. The van der Waals surface area contributed by atoms with Crippen LogP contribution in [0.1, 0.15) is 24.1 Å². The van der Waals surface area contributed by atoms with E-state index in [2.05, 4.69) is 36.6 Å². The molecule has 2 nitrogen and oxygen atoms in total. The van der Waals surface area contributed by atoms with Crippen LogP contribution in [0.5, 0.6) is 0 Å². The highest BCUT2D eigenvalue weighted by atomic mass is 35.5. The number of hydrogen-bond donors (Lipinski definition) is 2. The Morgan fingerprint density at radius 1 is 1.10 bits per heavy atom. The van der Waals surface area contributed by atoms with Crippen molar-refractivity contribution in [3.8, 4) is 0 Å². The number of para-hydroxylation sites is 1. The monoisotopic (exact) mass is 304 g/mol. The Bertz CT molecular complexity index is 613. The van der Waals surface area contributed by atoms with Crippen LogP contribution in [0.3, 0.4) is 0 Å². The molecule has 0 amide bonds. The third kappa shape index (κ3) is 3.71. The molecule has 0 radical (unpaired) electrons. The van der Waals surface area contributed by atoms with E-state index in [4.69, 9.17) is 23.8 Å². The van der Waals surface area contributed by atoms with Crippen molar-refractivity contribution in [1.29, 1.82) is 0 Å². The maximum atomic E-state index is 6.10. The molecule has 2 aromatic rings. The average molecular weight is 305 g/mol. The Labute approximate surface area is 130 Å². The van der Waals surface area contributed by atoms with Gasteiger partial charge < -0.3 is 10.6 Å². The number of hydrogen-bond acceptors (Lipinski definition) is 1. The lowest BCUT2D eigenvalue weighted by atomic mass is 10.0. The van der Waals surface area contributed by atoms with E-state index in [1.165, 1.54) is 11.1 Å². The van der Waals surface area contributed by atoms with Crippen LogP contribution in [-0.2, 0) is 0 Å². The van der Waals surface area contributed by atoms with Gasteiger partial charge in [0.25, 0.3) is 0 Å². The molecule has 2 aromatic carbocycles. The topological polar surface area (TPSA) is 24.1 Å². The Morgan fingerprint density at radius 3 is 2.45 bits per heavy atom. The van der Waals surface area contributed by atoms with Gasteiger partial charge in [0, 0.05) is 0 Å². The van der Waals surface area contributed by atoms with Gasteiger partial charge in [-0.25, -0.2) is 0 Å². The van der Waals surface area contributed by atoms with Crippen LogP contribution in [-0.4, -0.2) is 5.11 Å². The molecule has 0 saturated carbocycles. The molecule has 104 valence electrons. The summed E-state index contributed by atoms with van der Waals surface area (Å²) in [5, 5.41) is 7.61. The zero-order chi connectivity index (χ0) is 14.5. The largest absolute Gasteiger partial charge is 0.356 e. The van der Waals surface area contributed by atoms with Crippen LogP contribution in [0.2, 0.25) is 5.02 Å². The van der Waals surface area contributed by atoms with E-state index >= 15 is 0 Å². The first-order chi connectivity index (χ1) is 9.58. The van der Waals surface area contributed by atoms with Crippen molar-refractivity contribution < 1.29 is 0 Å². The molecule has 0 unspecified atom stereocenters. The summed E-state index contributed by atoms with van der Waals surface area (Å²) in [5.74, 6) is 0. The summed E-state index contributed by atoms with van der Waals surface area (Å²) in [6, 6.07) is 15.9. The van der Waals surface area contributed by atoms with Gasteiger partial charge in [-0.15, -0.1) is 0 Å².